The van der Waals surface area contributed by atoms with Crippen LogP contribution in [-0.2, 0) is 9.09 Å². The zero-order valence-electron chi connectivity index (χ0n) is 11.2. The maximum absolute atomic E-state index is 9.75. The van der Waals surface area contributed by atoms with Crippen LogP contribution in [0.1, 0.15) is 0 Å². The number of hydrogen-bond donors (Lipinski definition) is 3. The third-order valence-corrected chi connectivity index (χ3v) is 2.59. The number of hydrogen-bond acceptors (Lipinski definition) is 4. The number of ether oxygens (including phenoxy) is 1. The van der Waals surface area contributed by atoms with Crippen molar-refractivity contribution in [2.75, 3.05) is 13.2 Å². The van der Waals surface area contributed by atoms with Crippen LogP contribution in [0.2, 0.25) is 0 Å². The maximum Gasteiger partial charge on any atom is 0.469 e. The van der Waals surface area contributed by atoms with Gasteiger partial charge in [-0.1, -0.05) is 36.4 Å². The highest BCUT2D eigenvalue weighted by Gasteiger charge is 2.11. The molecule has 0 amide bonds. The zero-order chi connectivity index (χ0) is 15.6. The van der Waals surface area contributed by atoms with E-state index in [4.69, 9.17) is 19.6 Å². The van der Waals surface area contributed by atoms with Crippen molar-refractivity contribution in [1.29, 1.82) is 0 Å². The first kappa shape index (κ1) is 17.4. The van der Waals surface area contributed by atoms with Crippen molar-refractivity contribution in [3.63, 3.8) is 0 Å². The van der Waals surface area contributed by atoms with E-state index in [1.54, 1.807) is 0 Å². The zero-order valence-corrected chi connectivity index (χ0v) is 12.1. The Labute approximate surface area is 122 Å². The molecule has 0 saturated heterocycles. The van der Waals surface area contributed by atoms with Crippen LogP contribution in [-0.4, -0.2) is 28.1 Å². The van der Waals surface area contributed by atoms with Crippen molar-refractivity contribution >= 4 is 7.82 Å². The van der Waals surface area contributed by atoms with Gasteiger partial charge >= 0.3 is 7.82 Å². The summed E-state index contributed by atoms with van der Waals surface area (Å²) in [5, 5.41) is 7.96. The summed E-state index contributed by atoms with van der Waals surface area (Å²) >= 11 is 0. The predicted molar refractivity (Wildman–Crippen MR) is 78.0 cm³/mol. The van der Waals surface area contributed by atoms with Crippen molar-refractivity contribution in [1.82, 2.24) is 0 Å². The largest absolute Gasteiger partial charge is 0.469 e. The third kappa shape index (κ3) is 8.96. The molecular weight excluding hydrogens is 295 g/mol. The average molecular weight is 312 g/mol. The summed E-state index contributed by atoms with van der Waals surface area (Å²) in [6.45, 7) is -0.713. The highest BCUT2D eigenvalue weighted by atomic mass is 31.2. The first-order valence-electron chi connectivity index (χ1n) is 6.10. The Morgan fingerprint density at radius 2 is 1.29 bits per heavy atom. The maximum atomic E-state index is 9.75. The van der Waals surface area contributed by atoms with E-state index in [9.17, 15) is 4.57 Å². The van der Waals surface area contributed by atoms with Crippen LogP contribution in [0.15, 0.2) is 60.7 Å². The van der Waals surface area contributed by atoms with Crippen LogP contribution in [0.25, 0.3) is 0 Å². The number of benzene rings is 2. The molecule has 0 unspecified atom stereocenters. The van der Waals surface area contributed by atoms with E-state index in [2.05, 4.69) is 4.52 Å². The van der Waals surface area contributed by atoms with Gasteiger partial charge in [-0.05, 0) is 24.3 Å². The Morgan fingerprint density at radius 1 is 0.857 bits per heavy atom. The molecule has 3 N–H and O–H groups in total. The lowest BCUT2D eigenvalue weighted by Gasteiger charge is -2.03. The van der Waals surface area contributed by atoms with E-state index in [0.717, 1.165) is 11.5 Å². The Hall–Kier alpha value is -1.69. The molecule has 0 aliphatic rings. The number of phosphoric acid groups is 1. The van der Waals surface area contributed by atoms with E-state index >= 15 is 0 Å². The lowest BCUT2D eigenvalue weighted by Crippen LogP contribution is -1.95. The summed E-state index contributed by atoms with van der Waals surface area (Å²) in [6.07, 6.45) is 0. The highest BCUT2D eigenvalue weighted by Crippen LogP contribution is 2.34. The van der Waals surface area contributed by atoms with Crippen molar-refractivity contribution < 1.29 is 28.7 Å². The Bertz CT molecular complexity index is 502. The minimum absolute atomic E-state index is 0.329. The molecule has 21 heavy (non-hydrogen) atoms. The summed E-state index contributed by atoms with van der Waals surface area (Å²) in [6, 6.07) is 19.5. The topological polar surface area (TPSA) is 96.2 Å². The summed E-state index contributed by atoms with van der Waals surface area (Å²) in [5.41, 5.74) is 0. The molecule has 0 spiro atoms. The number of phosphoric ester groups is 1. The SMILES string of the molecule is O=P(O)(O)OCCO.c1ccc(Oc2ccccc2)cc1. The second kappa shape index (κ2) is 9.28. The summed E-state index contributed by atoms with van der Waals surface area (Å²) in [5.74, 6) is 1.74. The quantitative estimate of drug-likeness (QED) is 0.734. The first-order chi connectivity index (χ1) is 10.0. The normalized spacial score (nSPS) is 10.4. The minimum Gasteiger partial charge on any atom is -0.457 e. The molecular formula is C14H17O6P. The van der Waals surface area contributed by atoms with Gasteiger partial charge in [-0.15, -0.1) is 0 Å². The van der Waals surface area contributed by atoms with Crippen LogP contribution in [0.3, 0.4) is 0 Å². The van der Waals surface area contributed by atoms with Gasteiger partial charge in [0.05, 0.1) is 13.2 Å². The van der Waals surface area contributed by atoms with Gasteiger partial charge < -0.3 is 19.6 Å². The van der Waals surface area contributed by atoms with Gasteiger partial charge in [-0.25, -0.2) is 4.57 Å². The summed E-state index contributed by atoms with van der Waals surface area (Å²) in [7, 11) is -4.34. The van der Waals surface area contributed by atoms with Gasteiger partial charge in [0.25, 0.3) is 0 Å². The molecule has 7 heteroatoms. The highest BCUT2D eigenvalue weighted by molar-refractivity contribution is 7.46. The third-order valence-electron chi connectivity index (χ3n) is 2.07. The van der Waals surface area contributed by atoms with Gasteiger partial charge in [0.1, 0.15) is 11.5 Å². The molecule has 2 rings (SSSR count). The molecule has 6 nitrogen and oxygen atoms in total. The number of rotatable bonds is 5. The van der Waals surface area contributed by atoms with Crippen molar-refractivity contribution in [3.05, 3.63) is 60.7 Å². The van der Waals surface area contributed by atoms with Crippen LogP contribution in [0, 0.1) is 0 Å². The van der Waals surface area contributed by atoms with Crippen molar-refractivity contribution in [3.8, 4) is 11.5 Å². The summed E-state index contributed by atoms with van der Waals surface area (Å²) < 4.78 is 19.1. The molecule has 0 atom stereocenters. The Balaban J connectivity index is 0.000000240. The Kier molecular flexibility index (Phi) is 7.68. The van der Waals surface area contributed by atoms with Crippen molar-refractivity contribution in [2.45, 2.75) is 0 Å². The van der Waals surface area contributed by atoms with Gasteiger partial charge in [0.15, 0.2) is 0 Å². The monoisotopic (exact) mass is 312 g/mol. The fourth-order valence-electron chi connectivity index (χ4n) is 1.27. The van der Waals surface area contributed by atoms with Crippen LogP contribution in [0.5, 0.6) is 11.5 Å². The van der Waals surface area contributed by atoms with Crippen molar-refractivity contribution in [2.24, 2.45) is 0 Å². The molecule has 0 aromatic heterocycles. The lowest BCUT2D eigenvalue weighted by molar-refractivity contribution is 0.151. The molecule has 0 aliphatic carbocycles. The molecule has 0 radical (unpaired) electrons. The van der Waals surface area contributed by atoms with Gasteiger partial charge in [-0.2, -0.15) is 0 Å². The number of para-hydroxylation sites is 2. The van der Waals surface area contributed by atoms with Gasteiger partial charge in [0.2, 0.25) is 0 Å². The van der Waals surface area contributed by atoms with Crippen LogP contribution >= 0.6 is 7.82 Å². The molecule has 0 aliphatic heterocycles. The summed E-state index contributed by atoms with van der Waals surface area (Å²) in [4.78, 5) is 15.9. The molecule has 2 aromatic rings. The molecule has 0 saturated carbocycles. The van der Waals surface area contributed by atoms with E-state index in [-0.39, 0.29) is 13.2 Å². The van der Waals surface area contributed by atoms with E-state index < -0.39 is 7.82 Å². The van der Waals surface area contributed by atoms with Gasteiger partial charge in [-0.3, -0.25) is 4.52 Å². The fraction of sp³-hybridized carbons (Fsp3) is 0.143. The molecule has 2 aromatic carbocycles. The van der Waals surface area contributed by atoms with E-state index in [0.29, 0.717) is 0 Å². The van der Waals surface area contributed by atoms with Crippen LogP contribution in [0.4, 0.5) is 0 Å². The smallest absolute Gasteiger partial charge is 0.457 e. The average Bonchev–Trinajstić information content (AvgIpc) is 2.47. The molecule has 0 bridgehead atoms. The standard InChI is InChI=1S/C12H10O.C2H7O5P/c1-3-7-11(8-4-1)13-12-9-5-2-6-10-12;3-1-2-7-8(4,5)6/h1-10H;3H,1-2H2,(H2,4,5,6). The van der Waals surface area contributed by atoms with E-state index in [1.807, 2.05) is 60.7 Å². The molecule has 0 fully saturated rings. The molecule has 0 heterocycles. The lowest BCUT2D eigenvalue weighted by atomic mass is 10.3. The van der Waals surface area contributed by atoms with E-state index in [1.165, 1.54) is 0 Å². The Morgan fingerprint density at radius 3 is 1.57 bits per heavy atom. The fourth-order valence-corrected chi connectivity index (χ4v) is 1.59. The number of aliphatic hydroxyl groups is 1. The van der Waals surface area contributed by atoms with Crippen LogP contribution < -0.4 is 4.74 Å². The second-order valence-electron chi connectivity index (χ2n) is 3.78. The first-order valence-corrected chi connectivity index (χ1v) is 7.63. The van der Waals surface area contributed by atoms with Gasteiger partial charge in [0, 0.05) is 0 Å². The second-order valence-corrected chi connectivity index (χ2v) is 5.01. The molecule has 114 valence electrons. The predicted octanol–water partition coefficient (Wildman–Crippen LogP) is 2.57. The number of aliphatic hydroxyl groups excluding tert-OH is 1. The minimum atomic E-state index is -4.34.